The van der Waals surface area contributed by atoms with Crippen molar-refractivity contribution in [3.63, 3.8) is 0 Å². The second-order valence-corrected chi connectivity index (χ2v) is 10.2. The van der Waals surface area contributed by atoms with E-state index in [0.717, 1.165) is 60.0 Å². The van der Waals surface area contributed by atoms with E-state index in [-0.39, 0.29) is 17.7 Å². The molecule has 0 radical (unpaired) electrons. The third kappa shape index (κ3) is 5.03. The van der Waals surface area contributed by atoms with E-state index >= 15 is 0 Å². The first-order chi connectivity index (χ1) is 16.6. The average molecular weight is 458 g/mol. The summed E-state index contributed by atoms with van der Waals surface area (Å²) < 4.78 is 0. The van der Waals surface area contributed by atoms with Crippen molar-refractivity contribution in [1.82, 2.24) is 10.3 Å². The Morgan fingerprint density at radius 2 is 1.59 bits per heavy atom. The molecule has 2 amide bonds. The van der Waals surface area contributed by atoms with E-state index in [0.29, 0.717) is 17.5 Å². The van der Waals surface area contributed by atoms with E-state index in [2.05, 4.69) is 28.6 Å². The maximum atomic E-state index is 12.7. The molecule has 1 aromatic heterocycles. The molecule has 34 heavy (non-hydrogen) atoms. The van der Waals surface area contributed by atoms with Crippen LogP contribution >= 0.6 is 0 Å². The van der Waals surface area contributed by atoms with Gasteiger partial charge in [-0.1, -0.05) is 51.2 Å². The van der Waals surface area contributed by atoms with Crippen LogP contribution in [0, 0.1) is 11.8 Å². The Morgan fingerprint density at radius 1 is 0.853 bits per heavy atom. The van der Waals surface area contributed by atoms with Crippen LogP contribution in [0.3, 0.4) is 0 Å². The zero-order chi connectivity index (χ0) is 23.5. The number of anilines is 1. The topological polar surface area (TPSA) is 74.0 Å². The molecule has 0 bridgehead atoms. The highest BCUT2D eigenvalue weighted by atomic mass is 16.2. The van der Waals surface area contributed by atoms with Crippen molar-refractivity contribution in [2.75, 3.05) is 5.32 Å². The molecule has 3 aromatic rings. The van der Waals surface area contributed by atoms with Crippen LogP contribution < -0.4 is 10.6 Å². The van der Waals surface area contributed by atoms with E-state index < -0.39 is 0 Å². The highest BCUT2D eigenvalue weighted by molar-refractivity contribution is 5.99. The molecule has 178 valence electrons. The van der Waals surface area contributed by atoms with Gasteiger partial charge in [-0.3, -0.25) is 9.59 Å². The first kappa shape index (κ1) is 22.7. The van der Waals surface area contributed by atoms with Crippen LogP contribution in [0.1, 0.15) is 75.1 Å². The van der Waals surface area contributed by atoms with Crippen LogP contribution in [0.4, 0.5) is 5.69 Å². The van der Waals surface area contributed by atoms with Gasteiger partial charge in [0.25, 0.3) is 5.91 Å². The Hall–Kier alpha value is -3.08. The van der Waals surface area contributed by atoms with Gasteiger partial charge in [0, 0.05) is 39.8 Å². The lowest BCUT2D eigenvalue weighted by atomic mass is 9.80. The lowest BCUT2D eigenvalue weighted by Crippen LogP contribution is -2.36. The van der Waals surface area contributed by atoms with Crippen LogP contribution in [-0.4, -0.2) is 22.8 Å². The van der Waals surface area contributed by atoms with Gasteiger partial charge in [0.2, 0.25) is 5.91 Å². The number of fused-ring (bicyclic) bond motifs is 1. The van der Waals surface area contributed by atoms with Gasteiger partial charge in [-0.25, -0.2) is 0 Å². The Kier molecular flexibility index (Phi) is 6.70. The summed E-state index contributed by atoms with van der Waals surface area (Å²) in [5.41, 5.74) is 4.60. The largest absolute Gasteiger partial charge is 0.355 e. The third-order valence-corrected chi connectivity index (χ3v) is 7.74. The summed E-state index contributed by atoms with van der Waals surface area (Å²) in [4.78, 5) is 28.9. The second-order valence-electron chi connectivity index (χ2n) is 10.2. The van der Waals surface area contributed by atoms with Crippen molar-refractivity contribution in [2.45, 2.75) is 70.8 Å². The van der Waals surface area contributed by atoms with Crippen molar-refractivity contribution in [3.8, 4) is 11.3 Å². The SMILES string of the molecule is CC1CCCCC1C(=O)Nc1ccc(-c2cc3cc(C(=O)NC4CCCCC4)ccc3[nH]2)cc1. The minimum absolute atomic E-state index is 0.0175. The van der Waals surface area contributed by atoms with Crippen LogP contribution in [0.5, 0.6) is 0 Å². The molecule has 2 fully saturated rings. The molecule has 0 aliphatic heterocycles. The minimum Gasteiger partial charge on any atom is -0.355 e. The third-order valence-electron chi connectivity index (χ3n) is 7.74. The molecule has 3 N–H and O–H groups in total. The number of amides is 2. The summed E-state index contributed by atoms with van der Waals surface area (Å²) in [6.07, 6.45) is 10.3. The maximum absolute atomic E-state index is 12.7. The van der Waals surface area contributed by atoms with Crippen molar-refractivity contribution < 1.29 is 9.59 Å². The molecule has 2 aliphatic carbocycles. The van der Waals surface area contributed by atoms with Crippen molar-refractivity contribution in [2.24, 2.45) is 11.8 Å². The van der Waals surface area contributed by atoms with Crippen molar-refractivity contribution >= 4 is 28.4 Å². The summed E-state index contributed by atoms with van der Waals surface area (Å²) >= 11 is 0. The van der Waals surface area contributed by atoms with Gasteiger partial charge in [-0.2, -0.15) is 0 Å². The van der Waals surface area contributed by atoms with Crippen molar-refractivity contribution in [1.29, 1.82) is 0 Å². The fourth-order valence-electron chi connectivity index (χ4n) is 5.62. The zero-order valence-corrected chi connectivity index (χ0v) is 20.0. The van der Waals surface area contributed by atoms with Crippen LogP contribution in [0.25, 0.3) is 22.2 Å². The number of benzene rings is 2. The van der Waals surface area contributed by atoms with Gasteiger partial charge in [0.1, 0.15) is 0 Å². The number of carbonyl (C=O) groups is 2. The quantitative estimate of drug-likeness (QED) is 0.401. The highest BCUT2D eigenvalue weighted by Crippen LogP contribution is 2.31. The van der Waals surface area contributed by atoms with E-state index in [9.17, 15) is 9.59 Å². The molecule has 0 spiro atoms. The van der Waals surface area contributed by atoms with Gasteiger partial charge < -0.3 is 15.6 Å². The fourth-order valence-corrected chi connectivity index (χ4v) is 5.62. The fraction of sp³-hybridized carbons (Fsp3) is 0.448. The predicted molar refractivity (Wildman–Crippen MR) is 138 cm³/mol. The van der Waals surface area contributed by atoms with E-state index in [1.807, 2.05) is 42.5 Å². The number of hydrogen-bond acceptors (Lipinski definition) is 2. The first-order valence-electron chi connectivity index (χ1n) is 12.9. The monoisotopic (exact) mass is 457 g/mol. The molecule has 2 unspecified atom stereocenters. The minimum atomic E-state index is 0.0175. The lowest BCUT2D eigenvalue weighted by molar-refractivity contribution is -0.122. The number of carbonyl (C=O) groups excluding carboxylic acids is 2. The molecule has 0 saturated heterocycles. The van der Waals surface area contributed by atoms with Crippen LogP contribution in [0.2, 0.25) is 0 Å². The Labute approximate surface area is 201 Å². The number of nitrogens with one attached hydrogen (secondary N) is 3. The molecule has 5 nitrogen and oxygen atoms in total. The number of hydrogen-bond donors (Lipinski definition) is 3. The Balaban J connectivity index is 1.26. The average Bonchev–Trinajstić information content (AvgIpc) is 3.29. The number of rotatable bonds is 5. The second kappa shape index (κ2) is 10.0. The Bertz CT molecular complexity index is 1160. The summed E-state index contributed by atoms with van der Waals surface area (Å²) in [6.45, 7) is 2.19. The summed E-state index contributed by atoms with van der Waals surface area (Å²) in [5.74, 6) is 0.731. The van der Waals surface area contributed by atoms with Gasteiger partial charge >= 0.3 is 0 Å². The van der Waals surface area contributed by atoms with Gasteiger partial charge in [-0.05, 0) is 73.6 Å². The summed E-state index contributed by atoms with van der Waals surface area (Å²) in [7, 11) is 0. The predicted octanol–water partition coefficient (Wildman–Crippen LogP) is 6.66. The summed E-state index contributed by atoms with van der Waals surface area (Å²) in [6, 6.07) is 16.2. The maximum Gasteiger partial charge on any atom is 0.251 e. The molecule has 2 atom stereocenters. The van der Waals surface area contributed by atoms with E-state index in [4.69, 9.17) is 0 Å². The van der Waals surface area contributed by atoms with Crippen LogP contribution in [-0.2, 0) is 4.79 Å². The first-order valence-corrected chi connectivity index (χ1v) is 12.9. The molecule has 2 aromatic carbocycles. The van der Waals surface area contributed by atoms with E-state index in [1.54, 1.807) is 0 Å². The van der Waals surface area contributed by atoms with Crippen LogP contribution in [0.15, 0.2) is 48.5 Å². The number of aromatic nitrogens is 1. The Morgan fingerprint density at radius 3 is 2.35 bits per heavy atom. The molecule has 1 heterocycles. The molecule has 5 rings (SSSR count). The molecule has 2 saturated carbocycles. The highest BCUT2D eigenvalue weighted by Gasteiger charge is 2.27. The van der Waals surface area contributed by atoms with Gasteiger partial charge in [0.15, 0.2) is 0 Å². The smallest absolute Gasteiger partial charge is 0.251 e. The van der Waals surface area contributed by atoms with Crippen molar-refractivity contribution in [3.05, 3.63) is 54.1 Å². The van der Waals surface area contributed by atoms with Gasteiger partial charge in [0.05, 0.1) is 0 Å². The standard InChI is InChI=1S/C29H35N3O2/c1-19-7-5-6-10-25(19)29(34)31-24-14-11-20(12-15-24)27-18-22-17-21(13-16-26(22)32-27)28(33)30-23-8-3-2-4-9-23/h11-19,23,25,32H,2-10H2,1H3,(H,30,33)(H,31,34). The molecular formula is C29H35N3O2. The number of aromatic amines is 1. The number of H-pyrrole nitrogens is 1. The molecule has 5 heteroatoms. The molecular weight excluding hydrogens is 422 g/mol. The molecule has 2 aliphatic rings. The van der Waals surface area contributed by atoms with Gasteiger partial charge in [-0.15, -0.1) is 0 Å². The zero-order valence-electron chi connectivity index (χ0n) is 20.0. The summed E-state index contributed by atoms with van der Waals surface area (Å²) in [5, 5.41) is 7.33. The normalized spacial score (nSPS) is 21.3. The van der Waals surface area contributed by atoms with E-state index in [1.165, 1.54) is 25.7 Å². The lowest BCUT2D eigenvalue weighted by Gasteiger charge is -2.27.